The lowest BCUT2D eigenvalue weighted by Gasteiger charge is -2.08. The molecule has 18 heavy (non-hydrogen) atoms. The first-order valence-corrected chi connectivity index (χ1v) is 6.03. The van der Waals surface area contributed by atoms with E-state index in [4.69, 9.17) is 10.3 Å². The summed E-state index contributed by atoms with van der Waals surface area (Å²) >= 11 is 0. The number of nitrogens with zero attached hydrogens (tertiary/aromatic N) is 3. The molecule has 0 amide bonds. The summed E-state index contributed by atoms with van der Waals surface area (Å²) in [5.74, 6) is 1.69. The van der Waals surface area contributed by atoms with E-state index >= 15 is 0 Å². The summed E-state index contributed by atoms with van der Waals surface area (Å²) in [6.45, 7) is 9.19. The Balaban J connectivity index is 2.20. The van der Waals surface area contributed by atoms with Gasteiger partial charge in [-0.15, -0.1) is 0 Å². The highest BCUT2D eigenvalue weighted by molar-refractivity contribution is 5.64. The van der Waals surface area contributed by atoms with Gasteiger partial charge in [-0.25, -0.2) is 4.68 Å². The summed E-state index contributed by atoms with van der Waals surface area (Å²) in [6.07, 6.45) is 0. The lowest BCUT2D eigenvalue weighted by Crippen LogP contribution is -2.09. The normalized spacial score (nSPS) is 10.9. The number of hydrogen-bond donors (Lipinski definition) is 2. The zero-order valence-corrected chi connectivity index (χ0v) is 11.2. The Hall–Kier alpha value is -1.98. The van der Waals surface area contributed by atoms with Crippen LogP contribution in [0.4, 0.5) is 11.5 Å². The van der Waals surface area contributed by atoms with Gasteiger partial charge in [0.1, 0.15) is 11.6 Å². The molecule has 6 heteroatoms. The zero-order chi connectivity index (χ0) is 13.3. The van der Waals surface area contributed by atoms with Gasteiger partial charge in [-0.1, -0.05) is 5.16 Å². The van der Waals surface area contributed by atoms with Crippen LogP contribution in [-0.2, 0) is 13.1 Å². The average Bonchev–Trinajstić information content (AvgIpc) is 2.80. The summed E-state index contributed by atoms with van der Waals surface area (Å²) < 4.78 is 7.00. The number of rotatable bonds is 4. The highest BCUT2D eigenvalue weighted by atomic mass is 16.5. The molecule has 0 unspecified atom stereocenters. The standard InChI is InChI=1S/C12H19N5O/c1-5-17-12(11(13)8(3)15-17)14-6-10-7(2)16-18-9(10)4/h14H,5-6,13H2,1-4H3. The molecular weight excluding hydrogens is 230 g/mol. The largest absolute Gasteiger partial charge is 0.394 e. The molecule has 0 aromatic carbocycles. The van der Waals surface area contributed by atoms with Crippen LogP contribution in [0.5, 0.6) is 0 Å². The van der Waals surface area contributed by atoms with Crippen molar-refractivity contribution in [1.29, 1.82) is 0 Å². The second kappa shape index (κ2) is 4.72. The molecule has 2 heterocycles. The summed E-state index contributed by atoms with van der Waals surface area (Å²) in [4.78, 5) is 0. The lowest BCUT2D eigenvalue weighted by atomic mass is 10.2. The Morgan fingerprint density at radius 1 is 1.28 bits per heavy atom. The third kappa shape index (κ3) is 2.05. The van der Waals surface area contributed by atoms with Crippen molar-refractivity contribution in [3.05, 3.63) is 22.7 Å². The third-order valence-electron chi connectivity index (χ3n) is 3.09. The fourth-order valence-electron chi connectivity index (χ4n) is 1.94. The van der Waals surface area contributed by atoms with E-state index in [0.717, 1.165) is 35.1 Å². The van der Waals surface area contributed by atoms with Crippen LogP contribution in [-0.4, -0.2) is 14.9 Å². The van der Waals surface area contributed by atoms with Gasteiger partial charge in [0.2, 0.25) is 0 Å². The predicted molar refractivity (Wildman–Crippen MR) is 70.4 cm³/mol. The molecule has 2 aromatic heterocycles. The van der Waals surface area contributed by atoms with E-state index in [1.54, 1.807) is 0 Å². The maximum Gasteiger partial charge on any atom is 0.148 e. The van der Waals surface area contributed by atoms with Crippen LogP contribution < -0.4 is 11.1 Å². The molecule has 98 valence electrons. The monoisotopic (exact) mass is 249 g/mol. The van der Waals surface area contributed by atoms with E-state index in [-0.39, 0.29) is 0 Å². The van der Waals surface area contributed by atoms with Crippen molar-refractivity contribution in [1.82, 2.24) is 14.9 Å². The zero-order valence-electron chi connectivity index (χ0n) is 11.2. The highest BCUT2D eigenvalue weighted by Crippen LogP contribution is 2.23. The van der Waals surface area contributed by atoms with Gasteiger partial charge in [-0.05, 0) is 27.7 Å². The van der Waals surface area contributed by atoms with E-state index in [1.165, 1.54) is 0 Å². The second-order valence-electron chi connectivity index (χ2n) is 4.32. The minimum Gasteiger partial charge on any atom is -0.394 e. The molecule has 3 N–H and O–H groups in total. The molecule has 0 fully saturated rings. The van der Waals surface area contributed by atoms with Crippen LogP contribution in [0.3, 0.4) is 0 Å². The highest BCUT2D eigenvalue weighted by Gasteiger charge is 2.13. The van der Waals surface area contributed by atoms with E-state index in [9.17, 15) is 0 Å². The van der Waals surface area contributed by atoms with Crippen LogP contribution in [0.15, 0.2) is 4.52 Å². The Bertz CT molecular complexity index is 536. The molecule has 6 nitrogen and oxygen atoms in total. The third-order valence-corrected chi connectivity index (χ3v) is 3.09. The van der Waals surface area contributed by atoms with Gasteiger partial charge in [0.15, 0.2) is 0 Å². The maximum absolute atomic E-state index is 6.01. The molecule has 2 aromatic rings. The molecule has 0 radical (unpaired) electrons. The Morgan fingerprint density at radius 2 is 2.00 bits per heavy atom. The first-order valence-electron chi connectivity index (χ1n) is 6.03. The summed E-state index contributed by atoms with van der Waals surface area (Å²) in [6, 6.07) is 0. The molecule has 2 rings (SSSR count). The quantitative estimate of drug-likeness (QED) is 0.866. The molecule has 0 aliphatic heterocycles. The van der Waals surface area contributed by atoms with E-state index in [2.05, 4.69) is 15.6 Å². The lowest BCUT2D eigenvalue weighted by molar-refractivity contribution is 0.392. The van der Waals surface area contributed by atoms with Gasteiger partial charge in [0.05, 0.1) is 17.1 Å². The number of hydrogen-bond acceptors (Lipinski definition) is 5. The Morgan fingerprint density at radius 3 is 2.56 bits per heavy atom. The van der Waals surface area contributed by atoms with Crippen molar-refractivity contribution in [2.24, 2.45) is 0 Å². The second-order valence-corrected chi connectivity index (χ2v) is 4.32. The topological polar surface area (TPSA) is 81.9 Å². The van der Waals surface area contributed by atoms with Crippen molar-refractivity contribution in [3.63, 3.8) is 0 Å². The Labute approximate surface area is 106 Å². The fourth-order valence-corrected chi connectivity index (χ4v) is 1.94. The van der Waals surface area contributed by atoms with E-state index in [1.807, 2.05) is 32.4 Å². The van der Waals surface area contributed by atoms with E-state index in [0.29, 0.717) is 12.2 Å². The molecule has 0 atom stereocenters. The molecule has 0 saturated carbocycles. The Kier molecular flexibility index (Phi) is 3.27. The smallest absolute Gasteiger partial charge is 0.148 e. The van der Waals surface area contributed by atoms with Crippen molar-refractivity contribution in [2.45, 2.75) is 40.8 Å². The van der Waals surface area contributed by atoms with Crippen molar-refractivity contribution < 1.29 is 4.52 Å². The van der Waals surface area contributed by atoms with Crippen LogP contribution in [0.1, 0.15) is 29.6 Å². The molecule has 0 saturated heterocycles. The van der Waals surface area contributed by atoms with Crippen LogP contribution in [0.25, 0.3) is 0 Å². The van der Waals surface area contributed by atoms with Gasteiger partial charge in [0.25, 0.3) is 0 Å². The van der Waals surface area contributed by atoms with Crippen molar-refractivity contribution >= 4 is 11.5 Å². The number of nitrogens with two attached hydrogens (primary N) is 1. The summed E-state index contributed by atoms with van der Waals surface area (Å²) in [7, 11) is 0. The minimum atomic E-state index is 0.635. The minimum absolute atomic E-state index is 0.635. The van der Waals surface area contributed by atoms with Crippen molar-refractivity contribution in [2.75, 3.05) is 11.1 Å². The number of anilines is 2. The number of nitrogens with one attached hydrogen (secondary N) is 1. The number of aromatic nitrogens is 3. The SMILES string of the molecule is CCn1nc(C)c(N)c1NCc1c(C)noc1C. The predicted octanol–water partition coefficient (Wildman–Crippen LogP) is 2.01. The molecule has 0 bridgehead atoms. The number of nitrogen functional groups attached to an aromatic ring is 1. The molecule has 0 spiro atoms. The fraction of sp³-hybridized carbons (Fsp3) is 0.500. The molecule has 0 aliphatic rings. The first-order chi connectivity index (χ1) is 8.54. The van der Waals surface area contributed by atoms with Crippen LogP contribution in [0, 0.1) is 20.8 Å². The molecular formula is C12H19N5O. The van der Waals surface area contributed by atoms with Gasteiger partial charge >= 0.3 is 0 Å². The van der Waals surface area contributed by atoms with Crippen LogP contribution in [0.2, 0.25) is 0 Å². The van der Waals surface area contributed by atoms with Crippen LogP contribution >= 0.6 is 0 Å². The van der Waals surface area contributed by atoms with Crippen molar-refractivity contribution in [3.8, 4) is 0 Å². The van der Waals surface area contributed by atoms with Gasteiger partial charge < -0.3 is 15.6 Å². The summed E-state index contributed by atoms with van der Waals surface area (Å²) in [5.41, 5.74) is 9.52. The van der Waals surface area contributed by atoms with Gasteiger partial charge in [-0.2, -0.15) is 5.10 Å². The van der Waals surface area contributed by atoms with E-state index < -0.39 is 0 Å². The number of aryl methyl sites for hydroxylation is 4. The van der Waals surface area contributed by atoms with Gasteiger partial charge in [-0.3, -0.25) is 0 Å². The molecule has 0 aliphatic carbocycles. The summed E-state index contributed by atoms with van der Waals surface area (Å²) in [5, 5.41) is 11.6. The average molecular weight is 249 g/mol. The van der Waals surface area contributed by atoms with Gasteiger partial charge in [0, 0.05) is 18.7 Å². The first kappa shape index (κ1) is 12.5. The maximum atomic E-state index is 6.01.